The van der Waals surface area contributed by atoms with Crippen LogP contribution in [0.25, 0.3) is 0 Å². The van der Waals surface area contributed by atoms with Crippen LogP contribution in [-0.4, -0.2) is 36.0 Å². The lowest BCUT2D eigenvalue weighted by Crippen LogP contribution is -2.51. The Morgan fingerprint density at radius 3 is 2.57 bits per heavy atom. The van der Waals surface area contributed by atoms with Gasteiger partial charge in [0.05, 0.1) is 6.54 Å². The number of amides is 1. The fourth-order valence-electron chi connectivity index (χ4n) is 1.96. The van der Waals surface area contributed by atoms with E-state index in [1.807, 2.05) is 11.9 Å². The highest BCUT2D eigenvalue weighted by molar-refractivity contribution is 5.78. The number of likely N-dealkylation sites (N-methyl/N-ethyl adjacent to an activating group) is 1. The Labute approximate surface area is 85.8 Å². The fraction of sp³-hybridized carbons (Fsp3) is 0.909. The van der Waals surface area contributed by atoms with Crippen molar-refractivity contribution >= 4 is 5.91 Å². The first-order valence-corrected chi connectivity index (χ1v) is 5.61. The summed E-state index contributed by atoms with van der Waals surface area (Å²) in [6, 6.07) is 0.540. The van der Waals surface area contributed by atoms with Gasteiger partial charge in [0.2, 0.25) is 5.91 Å². The van der Waals surface area contributed by atoms with Crippen molar-refractivity contribution in [3.05, 3.63) is 0 Å². The van der Waals surface area contributed by atoms with E-state index in [9.17, 15) is 4.79 Å². The van der Waals surface area contributed by atoms with Crippen LogP contribution in [0.4, 0.5) is 0 Å². The molecule has 0 unspecified atom stereocenters. The largest absolute Gasteiger partial charge is 0.342 e. The van der Waals surface area contributed by atoms with E-state index in [1.54, 1.807) is 0 Å². The molecule has 1 N–H and O–H groups in total. The lowest BCUT2D eigenvalue weighted by atomic mass is 9.78. The molecule has 0 atom stereocenters. The Balaban J connectivity index is 1.71. The van der Waals surface area contributed by atoms with Gasteiger partial charge in [0, 0.05) is 18.6 Å². The van der Waals surface area contributed by atoms with E-state index in [4.69, 9.17) is 0 Å². The Morgan fingerprint density at radius 2 is 2.14 bits per heavy atom. The average Bonchev–Trinajstić information content (AvgIpc) is 2.92. The highest BCUT2D eigenvalue weighted by Gasteiger charge is 2.33. The van der Waals surface area contributed by atoms with Crippen LogP contribution < -0.4 is 5.32 Å². The highest BCUT2D eigenvalue weighted by Crippen LogP contribution is 2.31. The fourth-order valence-corrected chi connectivity index (χ4v) is 1.96. The normalized spacial score (nSPS) is 24.1. The van der Waals surface area contributed by atoms with Gasteiger partial charge in [0.1, 0.15) is 0 Å². The molecule has 3 heteroatoms. The Morgan fingerprint density at radius 1 is 1.50 bits per heavy atom. The van der Waals surface area contributed by atoms with E-state index < -0.39 is 0 Å². The van der Waals surface area contributed by atoms with E-state index in [1.165, 1.54) is 32.1 Å². The average molecular weight is 196 g/mol. The van der Waals surface area contributed by atoms with Crippen LogP contribution in [0.3, 0.4) is 0 Å². The minimum absolute atomic E-state index is 0.250. The van der Waals surface area contributed by atoms with Gasteiger partial charge in [-0.1, -0.05) is 0 Å². The molecule has 3 nitrogen and oxygen atoms in total. The van der Waals surface area contributed by atoms with Gasteiger partial charge in [-0.05, 0) is 39.0 Å². The molecule has 0 heterocycles. The van der Waals surface area contributed by atoms with Crippen molar-refractivity contribution in [3.63, 3.8) is 0 Å². The molecule has 0 bridgehead atoms. The molecule has 2 rings (SSSR count). The van der Waals surface area contributed by atoms with Gasteiger partial charge in [-0.2, -0.15) is 0 Å². The predicted octanol–water partition coefficient (Wildman–Crippen LogP) is 1.14. The maximum absolute atomic E-state index is 11.7. The second-order valence-electron chi connectivity index (χ2n) is 5.00. The van der Waals surface area contributed by atoms with Gasteiger partial charge in [0.25, 0.3) is 0 Å². The van der Waals surface area contributed by atoms with E-state index in [0.717, 1.165) is 0 Å². The SMILES string of the molecule is CN(C(=O)CNC1(C)CCC1)C1CC1. The number of carbonyl (C=O) groups is 1. The molecule has 0 spiro atoms. The number of rotatable bonds is 4. The van der Waals surface area contributed by atoms with E-state index >= 15 is 0 Å². The van der Waals surface area contributed by atoms with E-state index in [2.05, 4.69) is 12.2 Å². The lowest BCUT2D eigenvalue weighted by Gasteiger charge is -2.39. The third kappa shape index (κ3) is 2.08. The summed E-state index contributed by atoms with van der Waals surface area (Å²) >= 11 is 0. The van der Waals surface area contributed by atoms with E-state index in [-0.39, 0.29) is 11.4 Å². The number of hydrogen-bond acceptors (Lipinski definition) is 2. The standard InChI is InChI=1S/C11H20N2O/c1-11(6-3-7-11)12-8-10(14)13(2)9-4-5-9/h9,12H,3-8H2,1-2H3. The van der Waals surface area contributed by atoms with Gasteiger partial charge in [-0.15, -0.1) is 0 Å². The van der Waals surface area contributed by atoms with Crippen molar-refractivity contribution < 1.29 is 4.79 Å². The van der Waals surface area contributed by atoms with Crippen molar-refractivity contribution in [1.29, 1.82) is 0 Å². The summed E-state index contributed by atoms with van der Waals surface area (Å²) in [6.45, 7) is 2.73. The predicted molar refractivity (Wildman–Crippen MR) is 56.1 cm³/mol. The molecule has 1 amide bonds. The lowest BCUT2D eigenvalue weighted by molar-refractivity contribution is -0.130. The van der Waals surface area contributed by atoms with Crippen LogP contribution in [0.15, 0.2) is 0 Å². The molecule has 0 radical (unpaired) electrons. The third-order valence-electron chi connectivity index (χ3n) is 3.61. The summed E-state index contributed by atoms with van der Waals surface area (Å²) in [7, 11) is 1.92. The molecule has 0 saturated heterocycles. The molecule has 2 fully saturated rings. The quantitative estimate of drug-likeness (QED) is 0.731. The Hall–Kier alpha value is -0.570. The minimum Gasteiger partial charge on any atom is -0.342 e. The molecule has 0 aliphatic heterocycles. The Bertz CT molecular complexity index is 231. The van der Waals surface area contributed by atoms with Crippen LogP contribution in [0.1, 0.15) is 39.0 Å². The smallest absolute Gasteiger partial charge is 0.236 e. The van der Waals surface area contributed by atoms with Crippen molar-refractivity contribution in [1.82, 2.24) is 10.2 Å². The second-order valence-corrected chi connectivity index (χ2v) is 5.00. The maximum Gasteiger partial charge on any atom is 0.236 e. The number of carbonyl (C=O) groups excluding carboxylic acids is 1. The molecule has 0 aromatic rings. The first-order chi connectivity index (χ1) is 6.61. The van der Waals surface area contributed by atoms with Crippen molar-refractivity contribution in [2.75, 3.05) is 13.6 Å². The van der Waals surface area contributed by atoms with Crippen LogP contribution in [0.2, 0.25) is 0 Å². The first-order valence-electron chi connectivity index (χ1n) is 5.61. The summed E-state index contributed by atoms with van der Waals surface area (Å²) in [5.74, 6) is 0.251. The molecule has 0 aromatic heterocycles. The molecule has 2 aliphatic rings. The van der Waals surface area contributed by atoms with Gasteiger partial charge in [-0.25, -0.2) is 0 Å². The molecule has 80 valence electrons. The molecule has 14 heavy (non-hydrogen) atoms. The molecule has 2 saturated carbocycles. The summed E-state index contributed by atoms with van der Waals surface area (Å²) < 4.78 is 0. The maximum atomic E-state index is 11.7. The second kappa shape index (κ2) is 3.54. The van der Waals surface area contributed by atoms with Gasteiger partial charge >= 0.3 is 0 Å². The summed E-state index contributed by atoms with van der Waals surface area (Å²) in [5, 5.41) is 3.37. The third-order valence-corrected chi connectivity index (χ3v) is 3.61. The zero-order valence-electron chi connectivity index (χ0n) is 9.18. The van der Waals surface area contributed by atoms with E-state index in [0.29, 0.717) is 12.6 Å². The summed E-state index contributed by atoms with van der Waals surface area (Å²) in [6.07, 6.45) is 6.12. The monoisotopic (exact) mass is 196 g/mol. The topological polar surface area (TPSA) is 32.3 Å². The molecular weight excluding hydrogens is 176 g/mol. The number of hydrogen-bond donors (Lipinski definition) is 1. The van der Waals surface area contributed by atoms with Gasteiger partial charge in [0.15, 0.2) is 0 Å². The van der Waals surface area contributed by atoms with Crippen molar-refractivity contribution in [3.8, 4) is 0 Å². The Kier molecular flexibility index (Phi) is 2.52. The first kappa shape index (κ1) is 9.97. The summed E-state index contributed by atoms with van der Waals surface area (Å²) in [4.78, 5) is 13.6. The molecular formula is C11H20N2O. The van der Waals surface area contributed by atoms with Crippen LogP contribution in [0, 0.1) is 0 Å². The molecule has 2 aliphatic carbocycles. The van der Waals surface area contributed by atoms with Crippen LogP contribution in [-0.2, 0) is 4.79 Å². The number of nitrogens with one attached hydrogen (secondary N) is 1. The zero-order chi connectivity index (χ0) is 10.2. The van der Waals surface area contributed by atoms with Crippen LogP contribution >= 0.6 is 0 Å². The van der Waals surface area contributed by atoms with Crippen molar-refractivity contribution in [2.24, 2.45) is 0 Å². The minimum atomic E-state index is 0.250. The summed E-state index contributed by atoms with van der Waals surface area (Å²) in [5.41, 5.74) is 0.250. The molecule has 0 aromatic carbocycles. The van der Waals surface area contributed by atoms with Gasteiger partial charge < -0.3 is 10.2 Å². The van der Waals surface area contributed by atoms with Crippen molar-refractivity contribution in [2.45, 2.75) is 50.6 Å². The highest BCUT2D eigenvalue weighted by atomic mass is 16.2. The van der Waals surface area contributed by atoms with Crippen LogP contribution in [0.5, 0.6) is 0 Å². The zero-order valence-corrected chi connectivity index (χ0v) is 9.18. The number of nitrogens with zero attached hydrogens (tertiary/aromatic N) is 1. The van der Waals surface area contributed by atoms with Gasteiger partial charge in [-0.3, -0.25) is 4.79 Å².